The van der Waals surface area contributed by atoms with Crippen molar-refractivity contribution in [1.82, 2.24) is 10.5 Å². The summed E-state index contributed by atoms with van der Waals surface area (Å²) in [6.07, 6.45) is 1.89. The first-order valence-corrected chi connectivity index (χ1v) is 6.39. The molecule has 2 N–H and O–H groups in total. The zero-order valence-electron chi connectivity index (χ0n) is 11.1. The van der Waals surface area contributed by atoms with Gasteiger partial charge >= 0.3 is 0 Å². The van der Waals surface area contributed by atoms with Crippen molar-refractivity contribution in [3.8, 4) is 0 Å². The molecule has 0 spiro atoms. The SMILES string of the molecule is CC1=C(CC(=O)Nc2ccnc(C)c2Cl)C(C)NO1. The fraction of sp³-hybridized carbons (Fsp3) is 0.385. The van der Waals surface area contributed by atoms with Gasteiger partial charge in [0.2, 0.25) is 5.91 Å². The summed E-state index contributed by atoms with van der Waals surface area (Å²) in [6, 6.07) is 1.72. The summed E-state index contributed by atoms with van der Waals surface area (Å²) in [7, 11) is 0. The molecule has 2 heterocycles. The highest BCUT2D eigenvalue weighted by molar-refractivity contribution is 6.34. The van der Waals surface area contributed by atoms with Gasteiger partial charge in [0.05, 0.1) is 28.9 Å². The molecule has 1 unspecified atom stereocenters. The summed E-state index contributed by atoms with van der Waals surface area (Å²) in [5, 5.41) is 3.26. The fourth-order valence-electron chi connectivity index (χ4n) is 1.91. The molecule has 2 rings (SSSR count). The molecule has 1 atom stereocenters. The average molecular weight is 282 g/mol. The second kappa shape index (κ2) is 5.59. The monoisotopic (exact) mass is 281 g/mol. The van der Waals surface area contributed by atoms with Crippen molar-refractivity contribution in [2.75, 3.05) is 5.32 Å². The molecule has 0 saturated heterocycles. The standard InChI is InChI=1S/C13H16ClN3O2/c1-7-10(9(3)19-17-7)6-12(18)16-11-4-5-15-8(2)13(11)14/h4-5,7,17H,6H2,1-3H3,(H,15,16,18). The second-order valence-electron chi connectivity index (χ2n) is 4.51. The van der Waals surface area contributed by atoms with Gasteiger partial charge in [-0.15, -0.1) is 0 Å². The Morgan fingerprint density at radius 2 is 2.32 bits per heavy atom. The van der Waals surface area contributed by atoms with Gasteiger partial charge in [0, 0.05) is 6.20 Å². The Morgan fingerprint density at radius 1 is 1.58 bits per heavy atom. The number of nitrogens with zero attached hydrogens (tertiary/aromatic N) is 1. The van der Waals surface area contributed by atoms with E-state index >= 15 is 0 Å². The second-order valence-corrected chi connectivity index (χ2v) is 4.88. The highest BCUT2D eigenvalue weighted by Gasteiger charge is 2.23. The van der Waals surface area contributed by atoms with Crippen LogP contribution in [0.15, 0.2) is 23.6 Å². The molecule has 1 aromatic heterocycles. The fourth-order valence-corrected chi connectivity index (χ4v) is 2.07. The van der Waals surface area contributed by atoms with E-state index in [9.17, 15) is 4.79 Å². The number of aryl methyl sites for hydroxylation is 1. The predicted octanol–water partition coefficient (Wildman–Crippen LogP) is 2.57. The lowest BCUT2D eigenvalue weighted by Crippen LogP contribution is -2.22. The molecule has 5 nitrogen and oxygen atoms in total. The van der Waals surface area contributed by atoms with Gasteiger partial charge in [-0.2, -0.15) is 5.48 Å². The summed E-state index contributed by atoms with van der Waals surface area (Å²) in [5.41, 5.74) is 5.03. The Labute approximate surface area is 117 Å². The first kappa shape index (κ1) is 13.8. The molecule has 0 saturated carbocycles. The third kappa shape index (κ3) is 3.05. The molecule has 0 bridgehead atoms. The van der Waals surface area contributed by atoms with Gasteiger partial charge in [0.1, 0.15) is 5.76 Å². The number of amides is 1. The number of halogens is 1. The van der Waals surface area contributed by atoms with E-state index in [2.05, 4.69) is 15.8 Å². The Bertz CT molecular complexity index is 543. The van der Waals surface area contributed by atoms with Crippen LogP contribution in [-0.4, -0.2) is 16.9 Å². The van der Waals surface area contributed by atoms with Gasteiger partial charge in [-0.1, -0.05) is 11.6 Å². The number of carbonyl (C=O) groups is 1. The van der Waals surface area contributed by atoms with Crippen LogP contribution in [0.25, 0.3) is 0 Å². The van der Waals surface area contributed by atoms with Crippen LogP contribution in [0.3, 0.4) is 0 Å². The topological polar surface area (TPSA) is 63.2 Å². The molecular weight excluding hydrogens is 266 g/mol. The van der Waals surface area contributed by atoms with Crippen LogP contribution in [-0.2, 0) is 9.63 Å². The summed E-state index contributed by atoms with van der Waals surface area (Å²) in [6.45, 7) is 5.58. The summed E-state index contributed by atoms with van der Waals surface area (Å²) < 4.78 is 0. The maximum Gasteiger partial charge on any atom is 0.228 e. The lowest BCUT2D eigenvalue weighted by Gasteiger charge is -2.10. The summed E-state index contributed by atoms with van der Waals surface area (Å²) in [4.78, 5) is 21.3. The molecular formula is C13H16ClN3O2. The van der Waals surface area contributed by atoms with E-state index in [1.54, 1.807) is 19.2 Å². The summed E-state index contributed by atoms with van der Waals surface area (Å²) in [5.74, 6) is 0.626. The highest BCUT2D eigenvalue weighted by Crippen LogP contribution is 2.25. The third-order valence-corrected chi connectivity index (χ3v) is 3.53. The number of allylic oxidation sites excluding steroid dienone is 1. The van der Waals surface area contributed by atoms with E-state index in [1.165, 1.54) is 0 Å². The number of pyridine rings is 1. The number of rotatable bonds is 3. The number of nitrogens with one attached hydrogen (secondary N) is 2. The van der Waals surface area contributed by atoms with Crippen LogP contribution in [0.2, 0.25) is 5.02 Å². The quantitative estimate of drug-likeness (QED) is 0.894. The van der Waals surface area contributed by atoms with E-state index in [-0.39, 0.29) is 18.4 Å². The minimum Gasteiger partial charge on any atom is -0.413 e. The Balaban J connectivity index is 2.06. The molecule has 19 heavy (non-hydrogen) atoms. The van der Waals surface area contributed by atoms with E-state index < -0.39 is 0 Å². The van der Waals surface area contributed by atoms with Crippen LogP contribution >= 0.6 is 11.6 Å². The normalized spacial score (nSPS) is 18.4. The minimum atomic E-state index is -0.124. The Morgan fingerprint density at radius 3 is 2.95 bits per heavy atom. The van der Waals surface area contributed by atoms with Crippen LogP contribution in [0.1, 0.15) is 26.0 Å². The minimum absolute atomic E-state index is 0.0420. The van der Waals surface area contributed by atoms with Crippen molar-refractivity contribution in [1.29, 1.82) is 0 Å². The predicted molar refractivity (Wildman–Crippen MR) is 73.6 cm³/mol. The molecule has 1 aliphatic heterocycles. The average Bonchev–Trinajstić information content (AvgIpc) is 2.67. The Hall–Kier alpha value is -1.59. The maximum absolute atomic E-state index is 12.0. The number of anilines is 1. The van der Waals surface area contributed by atoms with E-state index in [0.29, 0.717) is 16.4 Å². The van der Waals surface area contributed by atoms with Crippen molar-refractivity contribution < 1.29 is 9.63 Å². The van der Waals surface area contributed by atoms with Gasteiger partial charge in [-0.25, -0.2) is 0 Å². The molecule has 1 aromatic rings. The van der Waals surface area contributed by atoms with Crippen molar-refractivity contribution in [3.05, 3.63) is 34.3 Å². The smallest absolute Gasteiger partial charge is 0.228 e. The molecule has 0 radical (unpaired) electrons. The molecule has 102 valence electrons. The number of carbonyl (C=O) groups excluding carboxylic acids is 1. The highest BCUT2D eigenvalue weighted by atomic mass is 35.5. The van der Waals surface area contributed by atoms with Crippen LogP contribution in [0.5, 0.6) is 0 Å². The van der Waals surface area contributed by atoms with E-state index in [1.807, 2.05) is 13.8 Å². The van der Waals surface area contributed by atoms with Gasteiger partial charge in [0.15, 0.2) is 0 Å². The lowest BCUT2D eigenvalue weighted by atomic mass is 10.1. The Kier molecular flexibility index (Phi) is 4.07. The van der Waals surface area contributed by atoms with Crippen molar-refractivity contribution in [2.24, 2.45) is 0 Å². The van der Waals surface area contributed by atoms with Gasteiger partial charge in [0.25, 0.3) is 0 Å². The maximum atomic E-state index is 12.0. The number of hydroxylamine groups is 1. The molecule has 0 aliphatic carbocycles. The van der Waals surface area contributed by atoms with Crippen molar-refractivity contribution in [2.45, 2.75) is 33.2 Å². The zero-order chi connectivity index (χ0) is 14.0. The van der Waals surface area contributed by atoms with Crippen LogP contribution in [0.4, 0.5) is 5.69 Å². The molecule has 0 fully saturated rings. The van der Waals surface area contributed by atoms with Gasteiger partial charge < -0.3 is 10.2 Å². The zero-order valence-corrected chi connectivity index (χ0v) is 11.8. The first-order valence-electron chi connectivity index (χ1n) is 6.02. The number of hydrogen-bond donors (Lipinski definition) is 2. The van der Waals surface area contributed by atoms with Crippen LogP contribution in [0, 0.1) is 6.92 Å². The van der Waals surface area contributed by atoms with Gasteiger partial charge in [-0.05, 0) is 32.4 Å². The number of aromatic nitrogens is 1. The van der Waals surface area contributed by atoms with Crippen LogP contribution < -0.4 is 10.8 Å². The first-order chi connectivity index (χ1) is 8.99. The largest absolute Gasteiger partial charge is 0.413 e. The van der Waals surface area contributed by atoms with Gasteiger partial charge in [-0.3, -0.25) is 9.78 Å². The van der Waals surface area contributed by atoms with E-state index in [4.69, 9.17) is 16.4 Å². The number of hydrogen-bond acceptors (Lipinski definition) is 4. The molecule has 0 aromatic carbocycles. The molecule has 1 aliphatic rings. The van der Waals surface area contributed by atoms with Crippen molar-refractivity contribution >= 4 is 23.2 Å². The third-order valence-electron chi connectivity index (χ3n) is 3.05. The summed E-state index contributed by atoms with van der Waals surface area (Å²) >= 11 is 6.09. The lowest BCUT2D eigenvalue weighted by molar-refractivity contribution is -0.115. The molecule has 1 amide bonds. The molecule has 6 heteroatoms. The van der Waals surface area contributed by atoms with Crippen molar-refractivity contribution in [3.63, 3.8) is 0 Å². The van der Waals surface area contributed by atoms with E-state index in [0.717, 1.165) is 11.3 Å².